The number of ether oxygens (including phenoxy) is 1. The molecule has 2 heterocycles. The molecule has 0 fully saturated rings. The lowest BCUT2D eigenvalue weighted by atomic mass is 9.81. The van der Waals surface area contributed by atoms with Gasteiger partial charge in [-0.1, -0.05) is 40.2 Å². The molecule has 0 saturated carbocycles. The van der Waals surface area contributed by atoms with Crippen LogP contribution < -0.4 is 10.1 Å². The van der Waals surface area contributed by atoms with E-state index in [1.54, 1.807) is 67.6 Å². The van der Waals surface area contributed by atoms with Gasteiger partial charge < -0.3 is 14.5 Å². The lowest BCUT2D eigenvalue weighted by Gasteiger charge is -2.28. The number of ketones is 1. The number of anilines is 1. The van der Waals surface area contributed by atoms with E-state index in [4.69, 9.17) is 9.15 Å². The first kappa shape index (κ1) is 25.5. The second kappa shape index (κ2) is 11.4. The summed E-state index contributed by atoms with van der Waals surface area (Å²) < 4.78 is 11.9. The monoisotopic (exact) mass is 563 g/mol. The predicted molar refractivity (Wildman–Crippen MR) is 143 cm³/mol. The molecule has 0 bridgehead atoms. The standard InChI is InChI=1S/C27H22BrN3O4S/c1-16-24(26(33)31-20-6-3-4-7-22(20)34-2)25(23-8-5-13-35-23)19(14-29)27(30-16)36-15-21(32)17-9-11-18(28)12-10-17/h3-13,19,25H,15H2,1-2H3,(H,31,33). The number of nitrogens with zero attached hydrogens (tertiary/aromatic N) is 2. The summed E-state index contributed by atoms with van der Waals surface area (Å²) in [6, 6.07) is 19.9. The lowest BCUT2D eigenvalue weighted by molar-refractivity contribution is -0.113. The summed E-state index contributed by atoms with van der Waals surface area (Å²) in [7, 11) is 1.52. The van der Waals surface area contributed by atoms with E-state index in [0.29, 0.717) is 39.1 Å². The Morgan fingerprint density at radius 3 is 2.58 bits per heavy atom. The van der Waals surface area contributed by atoms with Crippen LogP contribution in [0.2, 0.25) is 0 Å². The highest BCUT2D eigenvalue weighted by Crippen LogP contribution is 2.42. The van der Waals surface area contributed by atoms with Crippen LogP contribution in [0.3, 0.4) is 0 Å². The van der Waals surface area contributed by atoms with Gasteiger partial charge in [0, 0.05) is 15.7 Å². The van der Waals surface area contributed by atoms with Gasteiger partial charge in [0.1, 0.15) is 17.4 Å². The van der Waals surface area contributed by atoms with Gasteiger partial charge in [-0.2, -0.15) is 5.26 Å². The number of nitriles is 1. The molecule has 0 saturated heterocycles. The summed E-state index contributed by atoms with van der Waals surface area (Å²) in [5.41, 5.74) is 1.85. The summed E-state index contributed by atoms with van der Waals surface area (Å²) >= 11 is 4.57. The highest BCUT2D eigenvalue weighted by Gasteiger charge is 2.40. The van der Waals surface area contributed by atoms with E-state index in [9.17, 15) is 14.9 Å². The van der Waals surface area contributed by atoms with E-state index < -0.39 is 17.7 Å². The van der Waals surface area contributed by atoms with Crippen molar-refractivity contribution in [2.24, 2.45) is 10.9 Å². The van der Waals surface area contributed by atoms with Gasteiger partial charge in [-0.3, -0.25) is 9.59 Å². The molecule has 1 amide bonds. The molecule has 1 aromatic heterocycles. The van der Waals surface area contributed by atoms with Crippen molar-refractivity contribution in [3.8, 4) is 11.8 Å². The Morgan fingerprint density at radius 1 is 1.17 bits per heavy atom. The van der Waals surface area contributed by atoms with E-state index >= 15 is 0 Å². The third kappa shape index (κ3) is 5.45. The van der Waals surface area contributed by atoms with Crippen LogP contribution in [0.15, 0.2) is 92.1 Å². The molecular weight excluding hydrogens is 542 g/mol. The summed E-state index contributed by atoms with van der Waals surface area (Å²) in [6.07, 6.45) is 1.50. The Balaban J connectivity index is 1.66. The minimum absolute atomic E-state index is 0.0808. The molecule has 2 unspecified atom stereocenters. The maximum atomic E-state index is 13.5. The van der Waals surface area contributed by atoms with Crippen molar-refractivity contribution >= 4 is 50.1 Å². The van der Waals surface area contributed by atoms with Crippen LogP contribution >= 0.6 is 27.7 Å². The zero-order chi connectivity index (χ0) is 25.7. The average molecular weight is 564 g/mol. The second-order valence-corrected chi connectivity index (χ2v) is 9.83. The molecule has 3 aromatic rings. The number of benzene rings is 2. The predicted octanol–water partition coefficient (Wildman–Crippen LogP) is 6.21. The van der Waals surface area contributed by atoms with Crippen molar-refractivity contribution in [2.75, 3.05) is 18.2 Å². The molecule has 1 N–H and O–H groups in total. The number of halogens is 1. The Hall–Kier alpha value is -3.61. The van der Waals surface area contributed by atoms with E-state index in [-0.39, 0.29) is 11.5 Å². The van der Waals surface area contributed by atoms with E-state index in [1.165, 1.54) is 25.1 Å². The number of thioether (sulfide) groups is 1. The van der Waals surface area contributed by atoms with Crippen LogP contribution in [0.25, 0.3) is 0 Å². The molecule has 0 radical (unpaired) electrons. The van der Waals surface area contributed by atoms with Crippen LogP contribution in [0, 0.1) is 17.2 Å². The fourth-order valence-electron chi connectivity index (χ4n) is 3.96. The second-order valence-electron chi connectivity index (χ2n) is 7.92. The first-order chi connectivity index (χ1) is 17.4. The Morgan fingerprint density at radius 2 is 1.92 bits per heavy atom. The summed E-state index contributed by atoms with van der Waals surface area (Å²) in [5, 5.41) is 13.5. The number of furan rings is 1. The minimum atomic E-state index is -0.805. The van der Waals surface area contributed by atoms with Gasteiger partial charge in [-0.25, -0.2) is 4.99 Å². The maximum absolute atomic E-state index is 13.5. The average Bonchev–Trinajstić information content (AvgIpc) is 3.42. The molecule has 1 aliphatic heterocycles. The van der Waals surface area contributed by atoms with Crippen LogP contribution in [0.5, 0.6) is 5.75 Å². The number of rotatable bonds is 7. The number of hydrogen-bond donors (Lipinski definition) is 1. The van der Waals surface area contributed by atoms with Gasteiger partial charge in [-0.15, -0.1) is 11.8 Å². The molecular formula is C27H22BrN3O4S. The largest absolute Gasteiger partial charge is 0.495 e. The lowest BCUT2D eigenvalue weighted by Crippen LogP contribution is -2.31. The van der Waals surface area contributed by atoms with Crippen molar-refractivity contribution in [3.63, 3.8) is 0 Å². The van der Waals surface area contributed by atoms with Gasteiger partial charge in [-0.05, 0) is 43.3 Å². The Bertz CT molecular complexity index is 1370. The van der Waals surface area contributed by atoms with Crippen LogP contribution in [-0.4, -0.2) is 29.6 Å². The number of para-hydroxylation sites is 2. The number of aliphatic imine (C=N–C) groups is 1. The quantitative estimate of drug-likeness (QED) is 0.342. The first-order valence-corrected chi connectivity index (χ1v) is 12.8. The molecule has 7 nitrogen and oxygen atoms in total. The Kier molecular flexibility index (Phi) is 8.08. The zero-order valence-electron chi connectivity index (χ0n) is 19.5. The third-order valence-electron chi connectivity index (χ3n) is 5.68. The van der Waals surface area contributed by atoms with Crippen molar-refractivity contribution < 1.29 is 18.7 Å². The maximum Gasteiger partial charge on any atom is 0.254 e. The van der Waals surface area contributed by atoms with Gasteiger partial charge in [0.15, 0.2) is 5.78 Å². The molecule has 4 rings (SSSR count). The van der Waals surface area contributed by atoms with Crippen LogP contribution in [0.4, 0.5) is 5.69 Å². The number of carbonyl (C=O) groups excluding carboxylic acids is 2. The topological polar surface area (TPSA) is 105 Å². The van der Waals surface area contributed by atoms with Gasteiger partial charge in [0.05, 0.1) is 47.4 Å². The Labute approximate surface area is 221 Å². The third-order valence-corrected chi connectivity index (χ3v) is 7.26. The SMILES string of the molecule is COc1ccccc1NC(=O)C1=C(C)N=C(SCC(=O)c2ccc(Br)cc2)C(C#N)C1c1ccco1. The first-order valence-electron chi connectivity index (χ1n) is 11.0. The zero-order valence-corrected chi connectivity index (χ0v) is 21.9. The van der Waals surface area contributed by atoms with Gasteiger partial charge in [0.25, 0.3) is 5.91 Å². The summed E-state index contributed by atoms with van der Waals surface area (Å²) in [5.74, 6) is -0.890. The number of carbonyl (C=O) groups is 2. The molecule has 1 aliphatic rings. The molecule has 0 aliphatic carbocycles. The minimum Gasteiger partial charge on any atom is -0.495 e. The van der Waals surface area contributed by atoms with Crippen LogP contribution in [-0.2, 0) is 4.79 Å². The molecule has 0 spiro atoms. The van der Waals surface area contributed by atoms with Gasteiger partial charge >= 0.3 is 0 Å². The number of methoxy groups -OCH3 is 1. The molecule has 9 heteroatoms. The number of hydrogen-bond acceptors (Lipinski definition) is 7. The van der Waals surface area contributed by atoms with Crippen molar-refractivity contribution in [1.29, 1.82) is 5.26 Å². The van der Waals surface area contributed by atoms with Crippen molar-refractivity contribution in [1.82, 2.24) is 0 Å². The molecule has 2 atom stereocenters. The van der Waals surface area contributed by atoms with E-state index in [2.05, 4.69) is 32.3 Å². The number of amides is 1. The number of Topliss-reactive ketones (excluding diaryl/α,β-unsaturated/α-hetero) is 1. The fourth-order valence-corrected chi connectivity index (χ4v) is 5.24. The highest BCUT2D eigenvalue weighted by molar-refractivity contribution is 9.10. The van der Waals surface area contributed by atoms with Crippen LogP contribution in [0.1, 0.15) is 29.0 Å². The smallest absolute Gasteiger partial charge is 0.254 e. The molecule has 2 aromatic carbocycles. The van der Waals surface area contributed by atoms with Crippen molar-refractivity contribution in [3.05, 3.63) is 94.0 Å². The van der Waals surface area contributed by atoms with E-state index in [0.717, 1.165) is 4.47 Å². The highest BCUT2D eigenvalue weighted by atomic mass is 79.9. The fraction of sp³-hybridized carbons (Fsp3) is 0.185. The number of allylic oxidation sites excluding steroid dienone is 1. The summed E-state index contributed by atoms with van der Waals surface area (Å²) in [6.45, 7) is 1.72. The van der Waals surface area contributed by atoms with Crippen molar-refractivity contribution in [2.45, 2.75) is 12.8 Å². The van der Waals surface area contributed by atoms with Gasteiger partial charge in [0.2, 0.25) is 0 Å². The number of nitrogens with one attached hydrogen (secondary N) is 1. The van der Waals surface area contributed by atoms with E-state index in [1.807, 2.05) is 0 Å². The molecule has 182 valence electrons. The normalized spacial score (nSPS) is 17.2. The molecule has 36 heavy (non-hydrogen) atoms. The summed E-state index contributed by atoms with van der Waals surface area (Å²) in [4.78, 5) is 30.8.